The Morgan fingerprint density at radius 1 is 1.15 bits per heavy atom. The standard InChI is InChI=1S/C16H22N2O5S3/c1-4-11-25(19,20)16-18-15(14(24-16)17-9-10-23-3)26(21,22)13-7-5-12(2)6-8-13/h5-8,17H,4,9-11H2,1-3H3. The summed E-state index contributed by atoms with van der Waals surface area (Å²) in [5.41, 5.74) is 0.923. The van der Waals surface area contributed by atoms with Gasteiger partial charge in [0.2, 0.25) is 24.0 Å². The van der Waals surface area contributed by atoms with E-state index in [1.54, 1.807) is 19.1 Å². The third kappa shape index (κ3) is 4.61. The van der Waals surface area contributed by atoms with Gasteiger partial charge in [-0.15, -0.1) is 0 Å². The summed E-state index contributed by atoms with van der Waals surface area (Å²) in [6.07, 6.45) is 0.425. The topological polar surface area (TPSA) is 102 Å². The second kappa shape index (κ2) is 8.47. The predicted molar refractivity (Wildman–Crippen MR) is 101 cm³/mol. The Balaban J connectivity index is 2.53. The Morgan fingerprint density at radius 3 is 2.38 bits per heavy atom. The number of rotatable bonds is 9. The molecule has 0 bridgehead atoms. The Morgan fingerprint density at radius 2 is 1.81 bits per heavy atom. The number of ether oxygens (including phenoxy) is 1. The molecule has 1 N–H and O–H groups in total. The minimum atomic E-state index is -3.95. The van der Waals surface area contributed by atoms with Crippen molar-refractivity contribution >= 4 is 36.0 Å². The van der Waals surface area contributed by atoms with Gasteiger partial charge in [-0.2, -0.15) is 0 Å². The molecular formula is C16H22N2O5S3. The van der Waals surface area contributed by atoms with Crippen molar-refractivity contribution in [3.8, 4) is 0 Å². The molecule has 0 atom stereocenters. The molecular weight excluding hydrogens is 396 g/mol. The molecule has 1 aromatic carbocycles. The molecule has 1 heterocycles. The van der Waals surface area contributed by atoms with Gasteiger partial charge in [0.1, 0.15) is 5.00 Å². The Hall–Kier alpha value is -1.49. The van der Waals surface area contributed by atoms with Crippen LogP contribution in [0.3, 0.4) is 0 Å². The van der Waals surface area contributed by atoms with Crippen LogP contribution < -0.4 is 5.32 Å². The van der Waals surface area contributed by atoms with Crippen molar-refractivity contribution in [1.29, 1.82) is 0 Å². The highest BCUT2D eigenvalue weighted by molar-refractivity contribution is 7.94. The van der Waals surface area contributed by atoms with E-state index in [0.29, 0.717) is 19.6 Å². The van der Waals surface area contributed by atoms with Crippen molar-refractivity contribution in [2.24, 2.45) is 0 Å². The Labute approximate surface area is 158 Å². The van der Waals surface area contributed by atoms with Gasteiger partial charge in [-0.25, -0.2) is 21.8 Å². The number of hydrogen-bond acceptors (Lipinski definition) is 8. The molecule has 0 saturated heterocycles. The molecule has 0 aliphatic carbocycles. The lowest BCUT2D eigenvalue weighted by Gasteiger charge is -2.07. The first-order valence-corrected chi connectivity index (χ1v) is 12.0. The minimum Gasteiger partial charge on any atom is -0.383 e. The van der Waals surface area contributed by atoms with E-state index in [-0.39, 0.29) is 25.0 Å². The van der Waals surface area contributed by atoms with Gasteiger partial charge in [0.05, 0.1) is 17.3 Å². The highest BCUT2D eigenvalue weighted by Crippen LogP contribution is 2.35. The smallest absolute Gasteiger partial charge is 0.226 e. The maximum absolute atomic E-state index is 13.0. The molecule has 7 nitrogen and oxygen atoms in total. The van der Waals surface area contributed by atoms with E-state index < -0.39 is 19.7 Å². The summed E-state index contributed by atoms with van der Waals surface area (Å²) in [5, 5.41) is 2.86. The average molecular weight is 419 g/mol. The van der Waals surface area contributed by atoms with Crippen LogP contribution in [0.25, 0.3) is 0 Å². The summed E-state index contributed by atoms with van der Waals surface area (Å²) in [6, 6.07) is 6.35. The van der Waals surface area contributed by atoms with E-state index >= 15 is 0 Å². The van der Waals surface area contributed by atoms with Crippen LogP contribution in [-0.2, 0) is 24.4 Å². The number of nitrogens with one attached hydrogen (secondary N) is 1. The number of aryl methyl sites for hydroxylation is 1. The van der Waals surface area contributed by atoms with E-state index in [2.05, 4.69) is 10.3 Å². The zero-order valence-electron chi connectivity index (χ0n) is 14.9. The van der Waals surface area contributed by atoms with Crippen LogP contribution in [-0.4, -0.2) is 47.8 Å². The molecule has 0 radical (unpaired) electrons. The van der Waals surface area contributed by atoms with Gasteiger partial charge in [-0.1, -0.05) is 36.0 Å². The summed E-state index contributed by atoms with van der Waals surface area (Å²) in [4.78, 5) is 4.06. The van der Waals surface area contributed by atoms with Gasteiger partial charge in [0.15, 0.2) is 5.03 Å². The Kier molecular flexibility index (Phi) is 6.78. The molecule has 10 heteroatoms. The first-order chi connectivity index (χ1) is 12.2. The van der Waals surface area contributed by atoms with Crippen LogP contribution in [0, 0.1) is 6.92 Å². The lowest BCUT2D eigenvalue weighted by Crippen LogP contribution is -2.11. The van der Waals surface area contributed by atoms with Crippen LogP contribution >= 0.6 is 11.3 Å². The van der Waals surface area contributed by atoms with Gasteiger partial charge in [0, 0.05) is 13.7 Å². The number of thiazole rings is 1. The lowest BCUT2D eigenvalue weighted by atomic mass is 10.2. The Bertz CT molecular complexity index is 948. The third-order valence-corrected chi connectivity index (χ3v) is 8.71. The first kappa shape index (κ1) is 20.8. The van der Waals surface area contributed by atoms with Gasteiger partial charge < -0.3 is 10.1 Å². The molecule has 0 amide bonds. The number of anilines is 1. The summed E-state index contributed by atoms with van der Waals surface area (Å²) >= 11 is 0.837. The summed E-state index contributed by atoms with van der Waals surface area (Å²) < 4.78 is 55.4. The number of methoxy groups -OCH3 is 1. The fourth-order valence-corrected chi connectivity index (χ4v) is 6.55. The van der Waals surface area contributed by atoms with Crippen molar-refractivity contribution in [1.82, 2.24) is 4.98 Å². The minimum absolute atomic E-state index is 0.0719. The van der Waals surface area contributed by atoms with E-state index in [1.165, 1.54) is 19.2 Å². The molecule has 2 aromatic rings. The molecule has 144 valence electrons. The van der Waals surface area contributed by atoms with Crippen LogP contribution in [0.5, 0.6) is 0 Å². The number of nitrogens with zero attached hydrogens (tertiary/aromatic N) is 1. The van der Waals surface area contributed by atoms with Gasteiger partial charge >= 0.3 is 0 Å². The molecule has 1 aromatic heterocycles. The second-order valence-electron chi connectivity index (χ2n) is 5.67. The molecule has 0 saturated carbocycles. The van der Waals surface area contributed by atoms with E-state index in [9.17, 15) is 16.8 Å². The number of benzene rings is 1. The maximum Gasteiger partial charge on any atom is 0.226 e. The fourth-order valence-electron chi connectivity index (χ4n) is 2.17. The van der Waals surface area contributed by atoms with Gasteiger partial charge in [0.25, 0.3) is 0 Å². The normalized spacial score (nSPS) is 12.3. The molecule has 0 aliphatic rings. The molecule has 26 heavy (non-hydrogen) atoms. The SMILES string of the molecule is CCCS(=O)(=O)c1nc(S(=O)(=O)c2ccc(C)cc2)c(NCCOC)s1. The number of aromatic nitrogens is 1. The van der Waals surface area contributed by atoms with Crippen molar-refractivity contribution < 1.29 is 21.6 Å². The van der Waals surface area contributed by atoms with E-state index in [1.807, 2.05) is 6.92 Å². The molecule has 0 unspecified atom stereocenters. The van der Waals surface area contributed by atoms with E-state index in [4.69, 9.17) is 4.74 Å². The first-order valence-electron chi connectivity index (χ1n) is 8.00. The van der Waals surface area contributed by atoms with Crippen molar-refractivity contribution in [3.05, 3.63) is 29.8 Å². The molecule has 2 rings (SSSR count). The highest BCUT2D eigenvalue weighted by Gasteiger charge is 2.30. The third-order valence-electron chi connectivity index (χ3n) is 3.49. The summed E-state index contributed by atoms with van der Waals surface area (Å²) in [7, 11) is -6.04. The zero-order valence-corrected chi connectivity index (χ0v) is 17.3. The lowest BCUT2D eigenvalue weighted by molar-refractivity contribution is 0.211. The molecule has 0 spiro atoms. The average Bonchev–Trinajstić information content (AvgIpc) is 3.01. The quantitative estimate of drug-likeness (QED) is 0.624. The van der Waals surface area contributed by atoms with Crippen LogP contribution in [0.15, 0.2) is 38.5 Å². The van der Waals surface area contributed by atoms with Crippen LogP contribution in [0.2, 0.25) is 0 Å². The van der Waals surface area contributed by atoms with Crippen LogP contribution in [0.1, 0.15) is 18.9 Å². The second-order valence-corrected chi connectivity index (χ2v) is 10.8. The number of sulfone groups is 2. The van der Waals surface area contributed by atoms with Crippen molar-refractivity contribution in [3.63, 3.8) is 0 Å². The van der Waals surface area contributed by atoms with Crippen molar-refractivity contribution in [2.45, 2.75) is 34.5 Å². The van der Waals surface area contributed by atoms with Gasteiger partial charge in [-0.05, 0) is 25.5 Å². The van der Waals surface area contributed by atoms with E-state index in [0.717, 1.165) is 16.9 Å². The highest BCUT2D eigenvalue weighted by atomic mass is 32.2. The molecule has 0 fully saturated rings. The zero-order chi connectivity index (χ0) is 19.4. The molecule has 0 aliphatic heterocycles. The maximum atomic E-state index is 13.0. The van der Waals surface area contributed by atoms with Gasteiger partial charge in [-0.3, -0.25) is 0 Å². The monoisotopic (exact) mass is 418 g/mol. The number of hydrogen-bond donors (Lipinski definition) is 1. The van der Waals surface area contributed by atoms with Crippen molar-refractivity contribution in [2.75, 3.05) is 31.3 Å². The fraction of sp³-hybridized carbons (Fsp3) is 0.438. The summed E-state index contributed by atoms with van der Waals surface area (Å²) in [6.45, 7) is 4.28. The summed E-state index contributed by atoms with van der Waals surface area (Å²) in [5.74, 6) is -0.0813. The largest absolute Gasteiger partial charge is 0.383 e. The van der Waals surface area contributed by atoms with Crippen LogP contribution in [0.4, 0.5) is 5.00 Å². The predicted octanol–water partition coefficient (Wildman–Crippen LogP) is 2.53.